The summed E-state index contributed by atoms with van der Waals surface area (Å²) in [6, 6.07) is 3.42. The molecule has 1 rings (SSSR count). The highest BCUT2D eigenvalue weighted by Crippen LogP contribution is 2.20. The van der Waals surface area contributed by atoms with Crippen molar-refractivity contribution < 1.29 is 13.9 Å². The quantitative estimate of drug-likeness (QED) is 0.608. The van der Waals surface area contributed by atoms with Crippen LogP contribution in [-0.2, 0) is 4.74 Å². The van der Waals surface area contributed by atoms with Crippen LogP contribution in [0.5, 0.6) is 0 Å². The average Bonchev–Trinajstić information content (AvgIpc) is 2.64. The Bertz CT molecular complexity index is 293. The van der Waals surface area contributed by atoms with Crippen LogP contribution in [0.25, 0.3) is 0 Å². The molecule has 0 radical (unpaired) electrons. The maximum Gasteiger partial charge on any atom is 0.373 e. The number of methoxy groups -OCH3 is 1. The fraction of sp³-hybridized carbons (Fsp3) is 0.444. The summed E-state index contributed by atoms with van der Waals surface area (Å²) < 4.78 is 9.80. The first kappa shape index (κ1) is 10.3. The lowest BCUT2D eigenvalue weighted by atomic mass is 10.2. The highest BCUT2D eigenvalue weighted by molar-refractivity contribution is 9.09. The van der Waals surface area contributed by atoms with Gasteiger partial charge in [0.05, 0.1) is 7.11 Å². The molecule has 3 nitrogen and oxygen atoms in total. The van der Waals surface area contributed by atoms with E-state index in [0.29, 0.717) is 0 Å². The van der Waals surface area contributed by atoms with E-state index in [2.05, 4.69) is 20.7 Å². The summed E-state index contributed by atoms with van der Waals surface area (Å²) in [7, 11) is 1.33. The zero-order valence-corrected chi connectivity index (χ0v) is 9.13. The van der Waals surface area contributed by atoms with E-state index in [0.717, 1.165) is 11.1 Å². The van der Waals surface area contributed by atoms with Gasteiger partial charge in [0.2, 0.25) is 5.76 Å². The Morgan fingerprint density at radius 3 is 2.92 bits per heavy atom. The van der Waals surface area contributed by atoms with Crippen molar-refractivity contribution in [2.24, 2.45) is 0 Å². The van der Waals surface area contributed by atoms with Crippen molar-refractivity contribution in [3.05, 3.63) is 23.7 Å². The number of ether oxygens (including phenoxy) is 1. The Morgan fingerprint density at radius 2 is 2.38 bits per heavy atom. The molecule has 1 aromatic heterocycles. The molecule has 0 saturated carbocycles. The third kappa shape index (κ3) is 2.34. The highest BCUT2D eigenvalue weighted by Gasteiger charge is 2.14. The molecule has 0 bridgehead atoms. The molecule has 0 saturated heterocycles. The molecule has 0 aliphatic rings. The third-order valence-electron chi connectivity index (χ3n) is 1.73. The number of halogens is 1. The Kier molecular flexibility index (Phi) is 3.54. The van der Waals surface area contributed by atoms with Gasteiger partial charge in [-0.15, -0.1) is 0 Å². The lowest BCUT2D eigenvalue weighted by molar-refractivity contribution is 0.0562. The van der Waals surface area contributed by atoms with Crippen LogP contribution in [0.2, 0.25) is 0 Å². The van der Waals surface area contributed by atoms with Crippen molar-refractivity contribution in [2.75, 3.05) is 12.4 Å². The minimum Gasteiger partial charge on any atom is -0.463 e. The van der Waals surface area contributed by atoms with Crippen molar-refractivity contribution in [1.29, 1.82) is 0 Å². The van der Waals surface area contributed by atoms with Crippen LogP contribution in [0.4, 0.5) is 0 Å². The normalized spacial score (nSPS) is 12.5. The molecule has 0 amide bonds. The van der Waals surface area contributed by atoms with Gasteiger partial charge in [-0.3, -0.25) is 0 Å². The zero-order chi connectivity index (χ0) is 9.84. The summed E-state index contributed by atoms with van der Waals surface area (Å²) in [6.07, 6.45) is 0. The number of carbonyl (C=O) groups is 1. The smallest absolute Gasteiger partial charge is 0.373 e. The molecule has 0 N–H and O–H groups in total. The van der Waals surface area contributed by atoms with Crippen molar-refractivity contribution in [3.63, 3.8) is 0 Å². The van der Waals surface area contributed by atoms with Gasteiger partial charge < -0.3 is 9.15 Å². The van der Waals surface area contributed by atoms with E-state index >= 15 is 0 Å². The first-order chi connectivity index (χ1) is 6.19. The summed E-state index contributed by atoms with van der Waals surface area (Å²) in [6.45, 7) is 2.01. The fourth-order valence-corrected chi connectivity index (χ4v) is 1.22. The second-order valence-electron chi connectivity index (χ2n) is 2.75. The van der Waals surface area contributed by atoms with Crippen LogP contribution in [0.1, 0.15) is 29.2 Å². The first-order valence-electron chi connectivity index (χ1n) is 3.93. The van der Waals surface area contributed by atoms with Crippen LogP contribution < -0.4 is 0 Å². The maximum absolute atomic E-state index is 11.0. The molecule has 0 aliphatic heterocycles. The first-order valence-corrected chi connectivity index (χ1v) is 5.05. The van der Waals surface area contributed by atoms with Gasteiger partial charge in [0.15, 0.2) is 0 Å². The molecule has 72 valence electrons. The Morgan fingerprint density at radius 1 is 1.69 bits per heavy atom. The summed E-state index contributed by atoms with van der Waals surface area (Å²) in [5.74, 6) is 0.869. The predicted octanol–water partition coefficient (Wildman–Crippen LogP) is 2.56. The van der Waals surface area contributed by atoms with Crippen LogP contribution >= 0.6 is 15.9 Å². The number of hydrogen-bond donors (Lipinski definition) is 0. The Balaban J connectivity index is 2.80. The topological polar surface area (TPSA) is 39.4 Å². The molecule has 1 heterocycles. The van der Waals surface area contributed by atoms with Crippen LogP contribution in [0.15, 0.2) is 16.5 Å². The van der Waals surface area contributed by atoms with E-state index < -0.39 is 5.97 Å². The van der Waals surface area contributed by atoms with Gasteiger partial charge in [-0.2, -0.15) is 0 Å². The number of alkyl halides is 1. The second kappa shape index (κ2) is 4.46. The van der Waals surface area contributed by atoms with E-state index in [4.69, 9.17) is 4.42 Å². The Hall–Kier alpha value is -0.770. The number of carbonyl (C=O) groups excluding carboxylic acids is 1. The minimum absolute atomic E-state index is 0.255. The van der Waals surface area contributed by atoms with Crippen molar-refractivity contribution in [1.82, 2.24) is 0 Å². The van der Waals surface area contributed by atoms with Gasteiger partial charge in [-0.05, 0) is 12.1 Å². The fourth-order valence-electron chi connectivity index (χ4n) is 0.904. The third-order valence-corrected chi connectivity index (χ3v) is 2.70. The van der Waals surface area contributed by atoms with E-state index in [9.17, 15) is 4.79 Å². The Labute approximate surface area is 85.2 Å². The van der Waals surface area contributed by atoms with Crippen molar-refractivity contribution in [3.8, 4) is 0 Å². The van der Waals surface area contributed by atoms with Gasteiger partial charge in [0, 0.05) is 11.2 Å². The molecule has 4 heteroatoms. The van der Waals surface area contributed by atoms with E-state index in [-0.39, 0.29) is 11.7 Å². The largest absolute Gasteiger partial charge is 0.463 e. The van der Waals surface area contributed by atoms with Gasteiger partial charge in [-0.1, -0.05) is 22.9 Å². The number of hydrogen-bond acceptors (Lipinski definition) is 3. The average molecular weight is 247 g/mol. The van der Waals surface area contributed by atoms with Gasteiger partial charge >= 0.3 is 5.97 Å². The number of esters is 1. The molecular formula is C9H11BrO3. The van der Waals surface area contributed by atoms with Gasteiger partial charge in [-0.25, -0.2) is 4.79 Å². The monoisotopic (exact) mass is 246 g/mol. The lowest BCUT2D eigenvalue weighted by Crippen LogP contribution is -1.98. The van der Waals surface area contributed by atoms with E-state index in [1.807, 2.05) is 6.92 Å². The maximum atomic E-state index is 11.0. The molecule has 1 atom stereocenters. The summed E-state index contributed by atoms with van der Waals surface area (Å²) in [5, 5.41) is 0.807. The minimum atomic E-state index is -0.437. The zero-order valence-electron chi connectivity index (χ0n) is 7.54. The van der Waals surface area contributed by atoms with Crippen LogP contribution in [0.3, 0.4) is 0 Å². The van der Waals surface area contributed by atoms with Crippen LogP contribution in [0, 0.1) is 0 Å². The molecule has 0 fully saturated rings. The summed E-state index contributed by atoms with van der Waals surface area (Å²) >= 11 is 3.34. The molecular weight excluding hydrogens is 236 g/mol. The number of furan rings is 1. The second-order valence-corrected chi connectivity index (χ2v) is 3.40. The summed E-state index contributed by atoms with van der Waals surface area (Å²) in [4.78, 5) is 11.0. The van der Waals surface area contributed by atoms with Crippen LogP contribution in [-0.4, -0.2) is 18.4 Å². The van der Waals surface area contributed by atoms with Crippen molar-refractivity contribution in [2.45, 2.75) is 12.8 Å². The SMILES string of the molecule is COC(=O)c1ccc(C(C)CBr)o1. The standard InChI is InChI=1S/C9H11BrO3/c1-6(5-10)7-3-4-8(13-7)9(11)12-2/h3-4,6H,5H2,1-2H3. The number of rotatable bonds is 3. The van der Waals surface area contributed by atoms with E-state index in [1.54, 1.807) is 12.1 Å². The molecule has 13 heavy (non-hydrogen) atoms. The molecule has 0 aliphatic carbocycles. The summed E-state index contributed by atoms with van der Waals surface area (Å²) in [5.41, 5.74) is 0. The van der Waals surface area contributed by atoms with Crippen molar-refractivity contribution >= 4 is 21.9 Å². The van der Waals surface area contributed by atoms with E-state index in [1.165, 1.54) is 7.11 Å². The molecule has 0 aromatic carbocycles. The molecule has 0 spiro atoms. The van der Waals surface area contributed by atoms with Gasteiger partial charge in [0.1, 0.15) is 5.76 Å². The molecule has 1 aromatic rings. The lowest BCUT2D eigenvalue weighted by Gasteiger charge is -2.01. The predicted molar refractivity (Wildman–Crippen MR) is 52.3 cm³/mol. The molecule has 1 unspecified atom stereocenters. The highest BCUT2D eigenvalue weighted by atomic mass is 79.9. The van der Waals surface area contributed by atoms with Gasteiger partial charge in [0.25, 0.3) is 0 Å².